The lowest BCUT2D eigenvalue weighted by atomic mass is 9.76. The Morgan fingerprint density at radius 2 is 1.38 bits per heavy atom. The minimum Gasteiger partial charge on any atom is -0.388 e. The van der Waals surface area contributed by atoms with Gasteiger partial charge in [-0.2, -0.15) is 0 Å². The predicted octanol–water partition coefficient (Wildman–Crippen LogP) is 3.24. The van der Waals surface area contributed by atoms with Gasteiger partial charge in [0.05, 0.1) is 6.10 Å². The normalized spacial score (nSPS) is 22.4. The Kier molecular flexibility index (Phi) is 6.66. The molecule has 2 aromatic rings. The molecule has 0 radical (unpaired) electrons. The van der Waals surface area contributed by atoms with E-state index in [4.69, 9.17) is 0 Å². The molecule has 29 heavy (non-hydrogen) atoms. The minimum atomic E-state index is -1.15. The van der Waals surface area contributed by atoms with Crippen molar-refractivity contribution in [1.82, 2.24) is 9.80 Å². The van der Waals surface area contributed by atoms with Crippen LogP contribution in [0.2, 0.25) is 0 Å². The average molecular weight is 395 g/mol. The Labute approximate surface area is 174 Å². The number of aliphatic hydroxyl groups excluding tert-OH is 1. The van der Waals surface area contributed by atoms with Gasteiger partial charge in [-0.05, 0) is 29.9 Å². The Hall–Kier alpha value is -1.72. The van der Waals surface area contributed by atoms with Crippen molar-refractivity contribution in [3.8, 4) is 0 Å². The van der Waals surface area contributed by atoms with Crippen molar-refractivity contribution in [2.24, 2.45) is 5.92 Å². The lowest BCUT2D eigenvalue weighted by Crippen LogP contribution is -2.54. The van der Waals surface area contributed by atoms with Gasteiger partial charge < -0.3 is 10.2 Å². The van der Waals surface area contributed by atoms with Crippen molar-refractivity contribution in [2.75, 3.05) is 32.7 Å². The molecule has 1 aliphatic carbocycles. The molecule has 1 heterocycles. The summed E-state index contributed by atoms with van der Waals surface area (Å²) in [5.41, 5.74) is 1.06. The van der Waals surface area contributed by atoms with Crippen LogP contribution in [-0.4, -0.2) is 58.8 Å². The fourth-order valence-corrected chi connectivity index (χ4v) is 5.13. The molecular formula is C25H34N2O2. The van der Waals surface area contributed by atoms with E-state index in [-0.39, 0.29) is 5.92 Å². The van der Waals surface area contributed by atoms with Gasteiger partial charge in [0.2, 0.25) is 0 Å². The Bertz CT molecular complexity index is 740. The van der Waals surface area contributed by atoms with Crippen molar-refractivity contribution in [3.63, 3.8) is 0 Å². The number of hydrogen-bond acceptors (Lipinski definition) is 4. The zero-order valence-corrected chi connectivity index (χ0v) is 17.3. The summed E-state index contributed by atoms with van der Waals surface area (Å²) in [6.45, 7) is 5.36. The minimum absolute atomic E-state index is 0.138. The topological polar surface area (TPSA) is 46.9 Å². The van der Waals surface area contributed by atoms with E-state index in [0.29, 0.717) is 6.54 Å². The van der Waals surface area contributed by atoms with Gasteiger partial charge in [-0.1, -0.05) is 73.5 Å². The zero-order chi connectivity index (χ0) is 20.1. The summed E-state index contributed by atoms with van der Waals surface area (Å²) in [7, 11) is 0. The van der Waals surface area contributed by atoms with E-state index in [1.165, 1.54) is 5.56 Å². The summed E-state index contributed by atoms with van der Waals surface area (Å²) in [5.74, 6) is 0.138. The highest BCUT2D eigenvalue weighted by molar-refractivity contribution is 5.25. The van der Waals surface area contributed by atoms with E-state index >= 15 is 0 Å². The smallest absolute Gasteiger partial charge is 0.119 e. The number of β-amino-alcohol motifs (C(OH)–C–C–N with tert-alkyl or cyclic N) is 1. The third kappa shape index (κ3) is 4.72. The summed E-state index contributed by atoms with van der Waals surface area (Å²) < 4.78 is 0. The molecule has 0 aromatic heterocycles. The molecule has 2 fully saturated rings. The lowest BCUT2D eigenvalue weighted by molar-refractivity contribution is -0.130. The van der Waals surface area contributed by atoms with Gasteiger partial charge in [0.15, 0.2) is 0 Å². The average Bonchev–Trinajstić information content (AvgIpc) is 3.31. The third-order valence-corrected chi connectivity index (χ3v) is 6.87. The first-order chi connectivity index (χ1) is 14.2. The van der Waals surface area contributed by atoms with E-state index < -0.39 is 11.7 Å². The van der Waals surface area contributed by atoms with Gasteiger partial charge in [0, 0.05) is 39.3 Å². The number of piperazine rings is 1. The number of nitrogens with zero attached hydrogens (tertiary/aromatic N) is 2. The van der Waals surface area contributed by atoms with Crippen LogP contribution in [0, 0.1) is 5.92 Å². The summed E-state index contributed by atoms with van der Waals surface area (Å²) in [5, 5.41) is 23.0. The lowest BCUT2D eigenvalue weighted by Gasteiger charge is -2.42. The van der Waals surface area contributed by atoms with Gasteiger partial charge in [0.25, 0.3) is 0 Å². The fraction of sp³-hybridized carbons (Fsp3) is 0.520. The molecule has 0 spiro atoms. The Balaban J connectivity index is 1.38. The number of rotatable bonds is 7. The maximum atomic E-state index is 11.7. The van der Waals surface area contributed by atoms with Crippen LogP contribution in [0.3, 0.4) is 0 Å². The van der Waals surface area contributed by atoms with E-state index in [0.717, 1.165) is 64.0 Å². The van der Waals surface area contributed by atoms with Gasteiger partial charge in [0.1, 0.15) is 5.60 Å². The van der Waals surface area contributed by atoms with E-state index in [1.54, 1.807) is 0 Å². The molecule has 2 unspecified atom stereocenters. The summed E-state index contributed by atoms with van der Waals surface area (Å²) in [6.07, 6.45) is 3.50. The molecule has 2 atom stereocenters. The van der Waals surface area contributed by atoms with Crippen LogP contribution in [0.15, 0.2) is 60.7 Å². The second kappa shape index (κ2) is 9.40. The summed E-state index contributed by atoms with van der Waals surface area (Å²) >= 11 is 0. The molecule has 2 N–H and O–H groups in total. The molecule has 2 aromatic carbocycles. The molecule has 4 rings (SSSR count). The molecule has 156 valence electrons. The maximum Gasteiger partial charge on any atom is 0.119 e. The maximum absolute atomic E-state index is 11.7. The number of benzene rings is 2. The van der Waals surface area contributed by atoms with E-state index in [2.05, 4.69) is 40.1 Å². The second-order valence-electron chi connectivity index (χ2n) is 8.75. The highest BCUT2D eigenvalue weighted by Crippen LogP contribution is 2.43. The number of hydrogen-bond donors (Lipinski definition) is 2. The van der Waals surface area contributed by atoms with Gasteiger partial charge in [-0.15, -0.1) is 0 Å². The summed E-state index contributed by atoms with van der Waals surface area (Å²) in [4.78, 5) is 4.79. The standard InChI is InChI=1S/C25H34N2O2/c28-24(25(29,23-13-7-8-14-23)22-11-5-2-6-12-22)20-27-17-15-26(16-18-27)19-21-9-3-1-4-10-21/h1-6,9-12,23-24,28-29H,7-8,13-20H2. The Morgan fingerprint density at radius 1 is 0.828 bits per heavy atom. The molecule has 1 saturated heterocycles. The van der Waals surface area contributed by atoms with E-state index in [1.807, 2.05) is 30.3 Å². The highest BCUT2D eigenvalue weighted by Gasteiger charge is 2.46. The van der Waals surface area contributed by atoms with Crippen LogP contribution in [0.5, 0.6) is 0 Å². The monoisotopic (exact) mass is 394 g/mol. The largest absolute Gasteiger partial charge is 0.388 e. The predicted molar refractivity (Wildman–Crippen MR) is 116 cm³/mol. The van der Waals surface area contributed by atoms with Crippen molar-refractivity contribution in [2.45, 2.75) is 43.9 Å². The van der Waals surface area contributed by atoms with Gasteiger partial charge >= 0.3 is 0 Å². The highest BCUT2D eigenvalue weighted by atomic mass is 16.3. The molecule has 2 aliphatic rings. The van der Waals surface area contributed by atoms with Crippen molar-refractivity contribution in [3.05, 3.63) is 71.8 Å². The van der Waals surface area contributed by atoms with Crippen molar-refractivity contribution >= 4 is 0 Å². The third-order valence-electron chi connectivity index (χ3n) is 6.87. The molecule has 4 nitrogen and oxygen atoms in total. The molecule has 1 aliphatic heterocycles. The van der Waals surface area contributed by atoms with Crippen LogP contribution in [0.4, 0.5) is 0 Å². The summed E-state index contributed by atoms with van der Waals surface area (Å²) in [6, 6.07) is 20.4. The quantitative estimate of drug-likeness (QED) is 0.757. The molecule has 4 heteroatoms. The first-order valence-electron chi connectivity index (χ1n) is 11.1. The molecule has 1 saturated carbocycles. The first kappa shape index (κ1) is 20.5. The van der Waals surface area contributed by atoms with Crippen molar-refractivity contribution in [1.29, 1.82) is 0 Å². The van der Waals surface area contributed by atoms with Crippen LogP contribution in [0.25, 0.3) is 0 Å². The van der Waals surface area contributed by atoms with Gasteiger partial charge in [-0.25, -0.2) is 0 Å². The van der Waals surface area contributed by atoms with E-state index in [9.17, 15) is 10.2 Å². The molecule has 0 bridgehead atoms. The zero-order valence-electron chi connectivity index (χ0n) is 17.3. The van der Waals surface area contributed by atoms with Crippen LogP contribution in [0.1, 0.15) is 36.8 Å². The first-order valence-corrected chi connectivity index (χ1v) is 11.1. The second-order valence-corrected chi connectivity index (χ2v) is 8.75. The van der Waals surface area contributed by atoms with Crippen LogP contribution < -0.4 is 0 Å². The van der Waals surface area contributed by atoms with Crippen LogP contribution in [-0.2, 0) is 12.1 Å². The van der Waals surface area contributed by atoms with Gasteiger partial charge in [-0.3, -0.25) is 9.80 Å². The molecular weight excluding hydrogens is 360 g/mol. The van der Waals surface area contributed by atoms with Crippen LogP contribution >= 0.6 is 0 Å². The number of aliphatic hydroxyl groups is 2. The van der Waals surface area contributed by atoms with Crippen molar-refractivity contribution < 1.29 is 10.2 Å². The Morgan fingerprint density at radius 3 is 2.00 bits per heavy atom. The fourth-order valence-electron chi connectivity index (χ4n) is 5.13. The molecule has 0 amide bonds. The SMILES string of the molecule is OC(CN1CCN(Cc2ccccc2)CC1)C(O)(c1ccccc1)C1CCCC1.